The standard InChI is InChI=1S/C33H37N3O5S/c1-4-41-25-14-12-24(13-15-25)35-19-8-16-32(3)26(29(35)38)27-30(39)36(22(2)21-37)28-31(40)34(18-9-17-33(27,28)42-32)20-23-10-6-5-7-11-23/h5-17,22,26-28,37H,4,18-21H2,1-3H3/t22-,26+,27+,28?,32-,33+/m1/s1. The van der Waals surface area contributed by atoms with E-state index in [0.29, 0.717) is 26.2 Å². The number of carbonyl (C=O) groups is 3. The number of ether oxygens (including phenoxy) is 1. The lowest BCUT2D eigenvalue weighted by molar-refractivity contribution is -0.145. The fourth-order valence-electron chi connectivity index (χ4n) is 7.14. The van der Waals surface area contributed by atoms with Crippen molar-refractivity contribution < 1.29 is 24.2 Å². The van der Waals surface area contributed by atoms with Gasteiger partial charge < -0.3 is 24.5 Å². The summed E-state index contributed by atoms with van der Waals surface area (Å²) >= 11 is 1.55. The fourth-order valence-corrected chi connectivity index (χ4v) is 9.28. The Bertz CT molecular complexity index is 1430. The molecule has 6 rings (SSSR count). The summed E-state index contributed by atoms with van der Waals surface area (Å²) in [6.07, 6.45) is 8.04. The largest absolute Gasteiger partial charge is 0.494 e. The molecule has 4 aliphatic heterocycles. The second kappa shape index (κ2) is 10.9. The van der Waals surface area contributed by atoms with Gasteiger partial charge in [-0.15, -0.1) is 11.8 Å². The maximum absolute atomic E-state index is 14.5. The van der Waals surface area contributed by atoms with Crippen LogP contribution in [0.1, 0.15) is 26.3 Å². The topological polar surface area (TPSA) is 90.4 Å². The maximum atomic E-state index is 14.5. The van der Waals surface area contributed by atoms with Crippen LogP contribution in [0, 0.1) is 11.8 Å². The van der Waals surface area contributed by atoms with Crippen molar-refractivity contribution in [2.24, 2.45) is 11.8 Å². The number of aliphatic hydroxyl groups is 1. The first-order valence-electron chi connectivity index (χ1n) is 14.6. The molecule has 0 aromatic heterocycles. The predicted molar refractivity (Wildman–Crippen MR) is 163 cm³/mol. The minimum absolute atomic E-state index is 0.141. The van der Waals surface area contributed by atoms with Crippen LogP contribution >= 0.6 is 11.8 Å². The highest BCUT2D eigenvalue weighted by molar-refractivity contribution is 8.02. The number of hydrogen-bond acceptors (Lipinski definition) is 6. The lowest BCUT2D eigenvalue weighted by Gasteiger charge is -2.38. The summed E-state index contributed by atoms with van der Waals surface area (Å²) in [5, 5.41) is 10.2. The third kappa shape index (κ3) is 4.45. The monoisotopic (exact) mass is 587 g/mol. The molecular formula is C33H37N3O5S. The maximum Gasteiger partial charge on any atom is 0.247 e. The molecule has 8 nitrogen and oxygen atoms in total. The van der Waals surface area contributed by atoms with E-state index in [9.17, 15) is 19.5 Å². The van der Waals surface area contributed by atoms with Gasteiger partial charge in [0.05, 0.1) is 35.8 Å². The lowest BCUT2D eigenvalue weighted by atomic mass is 9.74. The Morgan fingerprint density at radius 1 is 0.952 bits per heavy atom. The second-order valence-corrected chi connectivity index (χ2v) is 13.5. The molecule has 9 heteroatoms. The predicted octanol–water partition coefficient (Wildman–Crippen LogP) is 3.66. The Hall–Kier alpha value is -3.56. The molecular weight excluding hydrogens is 550 g/mol. The van der Waals surface area contributed by atoms with Crippen LogP contribution in [0.25, 0.3) is 0 Å². The van der Waals surface area contributed by atoms with Crippen LogP contribution in [0.3, 0.4) is 0 Å². The molecule has 2 fully saturated rings. The van der Waals surface area contributed by atoms with Crippen LogP contribution in [0.2, 0.25) is 0 Å². The quantitative estimate of drug-likeness (QED) is 0.498. The van der Waals surface area contributed by atoms with Gasteiger partial charge in [-0.05, 0) is 50.6 Å². The molecule has 0 bridgehead atoms. The molecule has 0 radical (unpaired) electrons. The third-order valence-electron chi connectivity index (χ3n) is 8.99. The number of fused-ring (bicyclic) bond motifs is 2. The molecule has 2 aromatic carbocycles. The molecule has 4 heterocycles. The average Bonchev–Trinajstić information content (AvgIpc) is 3.27. The van der Waals surface area contributed by atoms with Gasteiger partial charge in [-0.2, -0.15) is 0 Å². The van der Waals surface area contributed by atoms with Gasteiger partial charge in [0.25, 0.3) is 0 Å². The van der Waals surface area contributed by atoms with Crippen LogP contribution in [-0.2, 0) is 20.9 Å². The zero-order valence-corrected chi connectivity index (χ0v) is 25.0. The van der Waals surface area contributed by atoms with E-state index in [1.54, 1.807) is 33.4 Å². The number of rotatable bonds is 7. The van der Waals surface area contributed by atoms with Crippen LogP contribution in [0.4, 0.5) is 5.69 Å². The molecule has 4 aliphatic rings. The lowest BCUT2D eigenvalue weighted by Crippen LogP contribution is -2.56. The molecule has 6 atom stereocenters. The van der Waals surface area contributed by atoms with Gasteiger partial charge >= 0.3 is 0 Å². The minimum Gasteiger partial charge on any atom is -0.494 e. The molecule has 0 saturated carbocycles. The first-order valence-corrected chi connectivity index (χ1v) is 15.4. The zero-order chi connectivity index (χ0) is 29.6. The molecule has 3 amide bonds. The van der Waals surface area contributed by atoms with E-state index in [0.717, 1.165) is 17.0 Å². The van der Waals surface area contributed by atoms with Crippen LogP contribution in [0.15, 0.2) is 78.9 Å². The van der Waals surface area contributed by atoms with Crippen molar-refractivity contribution in [3.05, 3.63) is 84.5 Å². The van der Waals surface area contributed by atoms with Crippen molar-refractivity contribution in [1.82, 2.24) is 9.80 Å². The van der Waals surface area contributed by atoms with E-state index in [4.69, 9.17) is 4.74 Å². The summed E-state index contributed by atoms with van der Waals surface area (Å²) in [6, 6.07) is 15.8. The van der Waals surface area contributed by atoms with Crippen LogP contribution in [-0.4, -0.2) is 80.5 Å². The summed E-state index contributed by atoms with van der Waals surface area (Å²) < 4.78 is 3.93. The minimum atomic E-state index is -0.954. The van der Waals surface area contributed by atoms with Gasteiger partial charge in [0, 0.05) is 30.1 Å². The normalized spacial score (nSPS) is 31.0. The van der Waals surface area contributed by atoms with Crippen molar-refractivity contribution in [2.45, 2.75) is 48.9 Å². The van der Waals surface area contributed by atoms with Crippen LogP contribution in [0.5, 0.6) is 5.75 Å². The van der Waals surface area contributed by atoms with E-state index in [1.165, 1.54) is 0 Å². The van der Waals surface area contributed by atoms with Gasteiger partial charge in [-0.25, -0.2) is 0 Å². The summed E-state index contributed by atoms with van der Waals surface area (Å²) in [5.74, 6) is -1.28. The highest BCUT2D eigenvalue weighted by atomic mass is 32.2. The second-order valence-electron chi connectivity index (χ2n) is 11.7. The Labute approximate surface area is 251 Å². The number of amides is 3. The molecule has 1 spiro atoms. The number of likely N-dealkylation sites (tertiary alicyclic amines) is 1. The number of benzene rings is 2. The van der Waals surface area contributed by atoms with Crippen molar-refractivity contribution in [1.29, 1.82) is 0 Å². The van der Waals surface area contributed by atoms with E-state index < -0.39 is 33.4 Å². The van der Waals surface area contributed by atoms with Crippen molar-refractivity contribution in [3.8, 4) is 5.75 Å². The highest BCUT2D eigenvalue weighted by Gasteiger charge is 2.74. The van der Waals surface area contributed by atoms with E-state index in [1.807, 2.05) is 86.7 Å². The SMILES string of the molecule is CCOc1ccc(N2CC=C[C@@]3(C)S[C@]45C=CCN(Cc6ccccc6)C(=O)C4N([C@H](C)CO)C(=O)[C@@H]5[C@H]3C2=O)cc1. The Morgan fingerprint density at radius 3 is 2.36 bits per heavy atom. The zero-order valence-electron chi connectivity index (χ0n) is 24.2. The van der Waals surface area contributed by atoms with Crippen molar-refractivity contribution in [2.75, 3.05) is 31.2 Å². The summed E-state index contributed by atoms with van der Waals surface area (Å²) in [6.45, 7) is 7.16. The molecule has 42 heavy (non-hydrogen) atoms. The van der Waals surface area contributed by atoms with Crippen molar-refractivity contribution in [3.63, 3.8) is 0 Å². The van der Waals surface area contributed by atoms with Gasteiger partial charge in [0.2, 0.25) is 17.7 Å². The Kier molecular flexibility index (Phi) is 7.43. The van der Waals surface area contributed by atoms with E-state index in [2.05, 4.69) is 6.08 Å². The summed E-state index contributed by atoms with van der Waals surface area (Å²) in [4.78, 5) is 48.5. The third-order valence-corrected chi connectivity index (χ3v) is 10.8. The number of thioether (sulfide) groups is 1. The first-order chi connectivity index (χ1) is 20.2. The summed E-state index contributed by atoms with van der Waals surface area (Å²) in [5.41, 5.74) is 1.73. The average molecular weight is 588 g/mol. The Balaban J connectivity index is 1.41. The molecule has 2 saturated heterocycles. The first kappa shape index (κ1) is 28.6. The number of hydrogen-bond donors (Lipinski definition) is 1. The number of anilines is 1. The summed E-state index contributed by atoms with van der Waals surface area (Å²) in [7, 11) is 0. The molecule has 2 aromatic rings. The van der Waals surface area contributed by atoms with Gasteiger partial charge in [0.15, 0.2) is 0 Å². The smallest absolute Gasteiger partial charge is 0.247 e. The highest BCUT2D eigenvalue weighted by Crippen LogP contribution is 2.66. The molecule has 220 valence electrons. The number of aliphatic hydroxyl groups excluding tert-OH is 1. The van der Waals surface area contributed by atoms with Gasteiger partial charge in [-0.1, -0.05) is 54.6 Å². The van der Waals surface area contributed by atoms with E-state index in [-0.39, 0.29) is 24.3 Å². The van der Waals surface area contributed by atoms with Crippen LogP contribution < -0.4 is 9.64 Å². The van der Waals surface area contributed by atoms with Gasteiger partial charge in [-0.3, -0.25) is 14.4 Å². The molecule has 1 unspecified atom stereocenters. The molecule has 0 aliphatic carbocycles. The number of nitrogens with zero attached hydrogens (tertiary/aromatic N) is 3. The number of carbonyl (C=O) groups excluding carboxylic acids is 3. The Morgan fingerprint density at radius 2 is 1.67 bits per heavy atom. The fraction of sp³-hybridized carbons (Fsp3) is 0.424. The van der Waals surface area contributed by atoms with Crippen molar-refractivity contribution >= 4 is 35.2 Å². The molecule has 1 N–H and O–H groups in total. The van der Waals surface area contributed by atoms with E-state index >= 15 is 0 Å². The van der Waals surface area contributed by atoms with Gasteiger partial charge in [0.1, 0.15) is 11.8 Å².